The molecule has 1 N–H and O–H groups in total. The van der Waals surface area contributed by atoms with Crippen LogP contribution in [0.5, 0.6) is 0 Å². The molecule has 0 saturated heterocycles. The smallest absolute Gasteiger partial charge is 0.243 e. The monoisotopic (exact) mass is 332 g/mol. The van der Waals surface area contributed by atoms with Gasteiger partial charge in [0.2, 0.25) is 11.8 Å². The van der Waals surface area contributed by atoms with E-state index in [1.807, 2.05) is 32.0 Å². The molecule has 0 aromatic heterocycles. The Hall–Kier alpha value is -1.84. The van der Waals surface area contributed by atoms with Crippen molar-refractivity contribution >= 4 is 11.8 Å². The van der Waals surface area contributed by atoms with Gasteiger partial charge in [-0.25, -0.2) is 0 Å². The fraction of sp³-hybridized carbons (Fsp3) is 0.600. The second kappa shape index (κ2) is 10.8. The van der Waals surface area contributed by atoms with Gasteiger partial charge < -0.3 is 10.2 Å². The Kier molecular flexibility index (Phi) is 9.13. The average molecular weight is 332 g/mol. The van der Waals surface area contributed by atoms with Gasteiger partial charge in [0, 0.05) is 20.0 Å². The highest BCUT2D eigenvalue weighted by atomic mass is 16.2. The van der Waals surface area contributed by atoms with E-state index in [-0.39, 0.29) is 17.7 Å². The number of benzene rings is 1. The maximum absolute atomic E-state index is 12.5. The third kappa shape index (κ3) is 6.73. The van der Waals surface area contributed by atoms with Crippen molar-refractivity contribution in [1.29, 1.82) is 0 Å². The summed E-state index contributed by atoms with van der Waals surface area (Å²) in [6, 6.07) is 9.67. The number of carbonyl (C=O) groups excluding carboxylic acids is 2. The molecule has 0 bridgehead atoms. The average Bonchev–Trinajstić information content (AvgIpc) is 2.55. The van der Waals surface area contributed by atoms with Gasteiger partial charge in [0.05, 0.1) is 0 Å². The SMILES string of the molecule is CCCCCC(=O)N(C)[C@H](C(=O)NCCc1ccccc1)C(C)C. The van der Waals surface area contributed by atoms with Crippen LogP contribution < -0.4 is 5.32 Å². The molecule has 0 aliphatic rings. The van der Waals surface area contributed by atoms with Crippen molar-refractivity contribution < 1.29 is 9.59 Å². The highest BCUT2D eigenvalue weighted by Crippen LogP contribution is 2.12. The maximum Gasteiger partial charge on any atom is 0.243 e. The van der Waals surface area contributed by atoms with Crippen LogP contribution in [0.4, 0.5) is 0 Å². The second-order valence-corrected chi connectivity index (χ2v) is 6.68. The molecule has 1 aromatic carbocycles. The lowest BCUT2D eigenvalue weighted by Gasteiger charge is -2.30. The first kappa shape index (κ1) is 20.2. The Morgan fingerprint density at radius 1 is 1.12 bits per heavy atom. The number of unbranched alkanes of at least 4 members (excludes halogenated alkanes) is 2. The van der Waals surface area contributed by atoms with Crippen molar-refractivity contribution in [3.63, 3.8) is 0 Å². The number of hydrogen-bond donors (Lipinski definition) is 1. The zero-order chi connectivity index (χ0) is 17.9. The molecule has 0 unspecified atom stereocenters. The van der Waals surface area contributed by atoms with Crippen molar-refractivity contribution in [2.24, 2.45) is 5.92 Å². The molecule has 4 heteroatoms. The topological polar surface area (TPSA) is 49.4 Å². The Morgan fingerprint density at radius 2 is 1.79 bits per heavy atom. The quantitative estimate of drug-likeness (QED) is 0.668. The lowest BCUT2D eigenvalue weighted by molar-refractivity contribution is -0.140. The molecule has 0 radical (unpaired) electrons. The van der Waals surface area contributed by atoms with Gasteiger partial charge in [0.25, 0.3) is 0 Å². The first-order valence-electron chi connectivity index (χ1n) is 9.04. The van der Waals surface area contributed by atoms with E-state index < -0.39 is 6.04 Å². The summed E-state index contributed by atoms with van der Waals surface area (Å²) in [4.78, 5) is 26.5. The third-order valence-corrected chi connectivity index (χ3v) is 4.26. The van der Waals surface area contributed by atoms with Gasteiger partial charge in [0.15, 0.2) is 0 Å². The molecule has 4 nitrogen and oxygen atoms in total. The Balaban J connectivity index is 2.53. The number of rotatable bonds is 10. The summed E-state index contributed by atoms with van der Waals surface area (Å²) in [5.41, 5.74) is 1.20. The van der Waals surface area contributed by atoms with Crippen molar-refractivity contribution in [1.82, 2.24) is 10.2 Å². The van der Waals surface area contributed by atoms with E-state index in [0.717, 1.165) is 25.7 Å². The summed E-state index contributed by atoms with van der Waals surface area (Å²) >= 11 is 0. The van der Waals surface area contributed by atoms with Crippen molar-refractivity contribution in [2.75, 3.05) is 13.6 Å². The van der Waals surface area contributed by atoms with Crippen LogP contribution in [0.2, 0.25) is 0 Å². The summed E-state index contributed by atoms with van der Waals surface area (Å²) in [7, 11) is 1.75. The van der Waals surface area contributed by atoms with Gasteiger partial charge in [0.1, 0.15) is 6.04 Å². The number of hydrogen-bond acceptors (Lipinski definition) is 2. The summed E-state index contributed by atoms with van der Waals surface area (Å²) in [6.07, 6.45) is 4.34. The second-order valence-electron chi connectivity index (χ2n) is 6.68. The van der Waals surface area contributed by atoms with E-state index in [4.69, 9.17) is 0 Å². The number of carbonyl (C=O) groups is 2. The molecular formula is C20H32N2O2. The minimum Gasteiger partial charge on any atom is -0.354 e. The Bertz CT molecular complexity index is 500. The first-order valence-corrected chi connectivity index (χ1v) is 9.04. The molecule has 134 valence electrons. The maximum atomic E-state index is 12.5. The molecule has 1 aromatic rings. The van der Waals surface area contributed by atoms with Crippen molar-refractivity contribution in [3.8, 4) is 0 Å². The standard InChI is InChI=1S/C20H32N2O2/c1-5-6-8-13-18(23)22(4)19(16(2)3)20(24)21-15-14-17-11-9-7-10-12-17/h7,9-12,16,19H,5-6,8,13-15H2,1-4H3,(H,21,24)/t19-/m0/s1. The van der Waals surface area contributed by atoms with Crippen LogP contribution >= 0.6 is 0 Å². The molecule has 0 saturated carbocycles. The lowest BCUT2D eigenvalue weighted by Crippen LogP contribution is -2.50. The van der Waals surface area contributed by atoms with Gasteiger partial charge >= 0.3 is 0 Å². The highest BCUT2D eigenvalue weighted by molar-refractivity contribution is 5.87. The predicted octanol–water partition coefficient (Wildman–Crippen LogP) is 3.41. The van der Waals surface area contributed by atoms with E-state index in [0.29, 0.717) is 13.0 Å². The molecule has 0 aliphatic carbocycles. The zero-order valence-electron chi connectivity index (χ0n) is 15.5. The molecule has 1 atom stereocenters. The van der Waals surface area contributed by atoms with Crippen molar-refractivity contribution in [3.05, 3.63) is 35.9 Å². The van der Waals surface area contributed by atoms with E-state index >= 15 is 0 Å². The van der Waals surface area contributed by atoms with Gasteiger partial charge in [-0.2, -0.15) is 0 Å². The minimum atomic E-state index is -0.408. The largest absolute Gasteiger partial charge is 0.354 e. The lowest BCUT2D eigenvalue weighted by atomic mass is 10.0. The summed E-state index contributed by atoms with van der Waals surface area (Å²) in [5, 5.41) is 2.98. The number of likely N-dealkylation sites (N-methyl/N-ethyl adjacent to an activating group) is 1. The Morgan fingerprint density at radius 3 is 2.38 bits per heavy atom. The minimum absolute atomic E-state index is 0.0559. The van der Waals surface area contributed by atoms with E-state index in [9.17, 15) is 9.59 Å². The molecule has 24 heavy (non-hydrogen) atoms. The van der Waals surface area contributed by atoms with Crippen LogP contribution in [0, 0.1) is 5.92 Å². The molecule has 1 rings (SSSR count). The van der Waals surface area contributed by atoms with Crippen LogP contribution in [0.1, 0.15) is 52.0 Å². The molecule has 0 aliphatic heterocycles. The van der Waals surface area contributed by atoms with E-state index in [1.165, 1.54) is 5.56 Å². The summed E-state index contributed by atoms with van der Waals surface area (Å²) in [5.74, 6) is 0.0782. The van der Waals surface area contributed by atoms with E-state index in [2.05, 4.69) is 24.4 Å². The predicted molar refractivity (Wildman–Crippen MR) is 98.7 cm³/mol. The number of amides is 2. The third-order valence-electron chi connectivity index (χ3n) is 4.26. The molecule has 2 amide bonds. The van der Waals surface area contributed by atoms with Crippen LogP contribution in [0.3, 0.4) is 0 Å². The van der Waals surface area contributed by atoms with Crippen LogP contribution in [0.25, 0.3) is 0 Å². The molecular weight excluding hydrogens is 300 g/mol. The Labute approximate surface area is 146 Å². The molecule has 0 spiro atoms. The first-order chi connectivity index (χ1) is 11.5. The number of nitrogens with one attached hydrogen (secondary N) is 1. The van der Waals surface area contributed by atoms with Gasteiger partial charge in [-0.15, -0.1) is 0 Å². The fourth-order valence-corrected chi connectivity index (χ4v) is 2.86. The summed E-state index contributed by atoms with van der Waals surface area (Å²) in [6.45, 7) is 6.67. The van der Waals surface area contributed by atoms with Crippen LogP contribution in [-0.4, -0.2) is 36.3 Å². The number of nitrogens with zero attached hydrogens (tertiary/aromatic N) is 1. The van der Waals surface area contributed by atoms with Crippen LogP contribution in [0.15, 0.2) is 30.3 Å². The van der Waals surface area contributed by atoms with Gasteiger partial charge in [-0.1, -0.05) is 63.9 Å². The van der Waals surface area contributed by atoms with Gasteiger partial charge in [-0.05, 0) is 24.3 Å². The molecule has 0 fully saturated rings. The van der Waals surface area contributed by atoms with Gasteiger partial charge in [-0.3, -0.25) is 9.59 Å². The molecule has 0 heterocycles. The normalized spacial score (nSPS) is 12.0. The fourth-order valence-electron chi connectivity index (χ4n) is 2.86. The summed E-state index contributed by atoms with van der Waals surface area (Å²) < 4.78 is 0. The van der Waals surface area contributed by atoms with Crippen LogP contribution in [-0.2, 0) is 16.0 Å². The zero-order valence-corrected chi connectivity index (χ0v) is 15.5. The highest BCUT2D eigenvalue weighted by Gasteiger charge is 2.29. The van der Waals surface area contributed by atoms with E-state index in [1.54, 1.807) is 11.9 Å². The van der Waals surface area contributed by atoms with Crippen molar-refractivity contribution in [2.45, 2.75) is 58.9 Å².